The summed E-state index contributed by atoms with van der Waals surface area (Å²) in [5.74, 6) is -1.15. The standard InChI is InChI=1S/C17H23F2N3O2/c1-12-5-8-24-9-7-22(12)17(23)20-14-4-6-21(11-14)16-3-2-13(18)10-15(16)19/h2-3,10,12,14H,4-9,11H2,1H3,(H,20,23). The van der Waals surface area contributed by atoms with Crippen molar-refractivity contribution < 1.29 is 18.3 Å². The molecule has 3 rings (SSSR count). The molecule has 0 spiro atoms. The first kappa shape index (κ1) is 17.0. The summed E-state index contributed by atoms with van der Waals surface area (Å²) in [6.45, 7) is 4.97. The maximum absolute atomic E-state index is 13.9. The predicted octanol–water partition coefficient (Wildman–Crippen LogP) is 2.36. The predicted molar refractivity (Wildman–Crippen MR) is 87.1 cm³/mol. The van der Waals surface area contributed by atoms with E-state index < -0.39 is 11.6 Å². The topological polar surface area (TPSA) is 44.8 Å². The number of carbonyl (C=O) groups is 1. The fourth-order valence-corrected chi connectivity index (χ4v) is 3.29. The van der Waals surface area contributed by atoms with Gasteiger partial charge in [0.2, 0.25) is 0 Å². The van der Waals surface area contributed by atoms with Gasteiger partial charge in [0.15, 0.2) is 0 Å². The van der Waals surface area contributed by atoms with Crippen molar-refractivity contribution in [3.8, 4) is 0 Å². The summed E-state index contributed by atoms with van der Waals surface area (Å²) in [4.78, 5) is 16.1. The van der Waals surface area contributed by atoms with Gasteiger partial charge < -0.3 is 19.9 Å². The summed E-state index contributed by atoms with van der Waals surface area (Å²) in [6.07, 6.45) is 1.56. The first-order valence-corrected chi connectivity index (χ1v) is 8.39. The lowest BCUT2D eigenvalue weighted by Crippen LogP contribution is -2.49. The molecule has 0 aromatic heterocycles. The third-order valence-corrected chi connectivity index (χ3v) is 4.72. The summed E-state index contributed by atoms with van der Waals surface area (Å²) in [5.41, 5.74) is 0.379. The summed E-state index contributed by atoms with van der Waals surface area (Å²) in [7, 11) is 0. The second-order valence-electron chi connectivity index (χ2n) is 6.42. The molecule has 0 aliphatic carbocycles. The molecule has 1 aromatic rings. The van der Waals surface area contributed by atoms with Gasteiger partial charge in [-0.1, -0.05) is 0 Å². The van der Waals surface area contributed by atoms with E-state index in [-0.39, 0.29) is 18.1 Å². The van der Waals surface area contributed by atoms with Crippen LogP contribution in [0.15, 0.2) is 18.2 Å². The largest absolute Gasteiger partial charge is 0.380 e. The molecule has 2 unspecified atom stereocenters. The van der Waals surface area contributed by atoms with E-state index in [1.54, 1.807) is 4.90 Å². The number of rotatable bonds is 2. The number of amides is 2. The van der Waals surface area contributed by atoms with Crippen LogP contribution >= 0.6 is 0 Å². The molecule has 1 aromatic carbocycles. The van der Waals surface area contributed by atoms with Crippen molar-refractivity contribution in [1.29, 1.82) is 0 Å². The van der Waals surface area contributed by atoms with E-state index >= 15 is 0 Å². The van der Waals surface area contributed by atoms with Gasteiger partial charge in [0.1, 0.15) is 11.6 Å². The van der Waals surface area contributed by atoms with Crippen LogP contribution in [0.3, 0.4) is 0 Å². The number of nitrogens with zero attached hydrogens (tertiary/aromatic N) is 2. The number of nitrogens with one attached hydrogen (secondary N) is 1. The fourth-order valence-electron chi connectivity index (χ4n) is 3.29. The number of ether oxygens (including phenoxy) is 1. The third kappa shape index (κ3) is 3.77. The number of halogens is 2. The van der Waals surface area contributed by atoms with Gasteiger partial charge in [-0.2, -0.15) is 0 Å². The van der Waals surface area contributed by atoms with Crippen LogP contribution in [-0.4, -0.2) is 55.9 Å². The van der Waals surface area contributed by atoms with Crippen LogP contribution in [0.5, 0.6) is 0 Å². The van der Waals surface area contributed by atoms with Gasteiger partial charge in [-0.05, 0) is 31.9 Å². The zero-order valence-corrected chi connectivity index (χ0v) is 13.8. The average Bonchev–Trinajstić information content (AvgIpc) is 2.87. The van der Waals surface area contributed by atoms with E-state index in [0.29, 0.717) is 38.5 Å². The van der Waals surface area contributed by atoms with Crippen LogP contribution in [0.1, 0.15) is 19.8 Å². The van der Waals surface area contributed by atoms with Crippen molar-refractivity contribution in [3.05, 3.63) is 29.8 Å². The Bertz CT molecular complexity index is 599. The molecule has 1 N–H and O–H groups in total. The highest BCUT2D eigenvalue weighted by Gasteiger charge is 2.29. The molecule has 0 saturated carbocycles. The summed E-state index contributed by atoms with van der Waals surface area (Å²) in [6, 6.07) is 3.59. The Morgan fingerprint density at radius 3 is 2.88 bits per heavy atom. The number of benzene rings is 1. The molecule has 0 bridgehead atoms. The van der Waals surface area contributed by atoms with Gasteiger partial charge in [0.25, 0.3) is 0 Å². The highest BCUT2D eigenvalue weighted by molar-refractivity contribution is 5.75. The maximum Gasteiger partial charge on any atom is 0.317 e. The Hall–Kier alpha value is -1.89. The number of carbonyl (C=O) groups excluding carboxylic acids is 1. The molecule has 2 saturated heterocycles. The first-order chi connectivity index (χ1) is 11.5. The van der Waals surface area contributed by atoms with Crippen LogP contribution < -0.4 is 10.2 Å². The molecular formula is C17H23F2N3O2. The van der Waals surface area contributed by atoms with Crippen LogP contribution in [0.4, 0.5) is 19.3 Å². The van der Waals surface area contributed by atoms with Gasteiger partial charge in [0, 0.05) is 44.4 Å². The zero-order chi connectivity index (χ0) is 17.1. The first-order valence-electron chi connectivity index (χ1n) is 8.39. The SMILES string of the molecule is CC1CCOCCN1C(=O)NC1CCN(c2ccc(F)cc2F)C1. The normalized spacial score (nSPS) is 24.8. The minimum Gasteiger partial charge on any atom is -0.380 e. The second kappa shape index (κ2) is 7.34. The molecule has 0 radical (unpaired) electrons. The lowest BCUT2D eigenvalue weighted by atomic mass is 10.2. The Balaban J connectivity index is 1.58. The van der Waals surface area contributed by atoms with E-state index in [0.717, 1.165) is 18.9 Å². The molecule has 2 fully saturated rings. The number of hydrogen-bond donors (Lipinski definition) is 1. The number of anilines is 1. The summed E-state index contributed by atoms with van der Waals surface area (Å²) >= 11 is 0. The molecule has 132 valence electrons. The van der Waals surface area contributed by atoms with Crippen LogP contribution in [0, 0.1) is 11.6 Å². The monoisotopic (exact) mass is 339 g/mol. The van der Waals surface area contributed by atoms with E-state index in [1.807, 2.05) is 11.8 Å². The smallest absolute Gasteiger partial charge is 0.317 e. The molecule has 24 heavy (non-hydrogen) atoms. The Morgan fingerprint density at radius 1 is 1.25 bits per heavy atom. The van der Waals surface area contributed by atoms with Gasteiger partial charge in [0.05, 0.1) is 12.3 Å². The summed E-state index contributed by atoms with van der Waals surface area (Å²) in [5, 5.41) is 3.03. The molecule has 2 aliphatic heterocycles. The molecule has 5 nitrogen and oxygen atoms in total. The van der Waals surface area contributed by atoms with Crippen molar-refractivity contribution in [2.75, 3.05) is 37.7 Å². The third-order valence-electron chi connectivity index (χ3n) is 4.72. The molecule has 2 aliphatic rings. The lowest BCUT2D eigenvalue weighted by Gasteiger charge is -2.28. The van der Waals surface area contributed by atoms with Crippen molar-refractivity contribution in [3.63, 3.8) is 0 Å². The highest BCUT2D eigenvalue weighted by Crippen LogP contribution is 2.24. The minimum absolute atomic E-state index is 0.0432. The van der Waals surface area contributed by atoms with Gasteiger partial charge in [-0.15, -0.1) is 0 Å². The van der Waals surface area contributed by atoms with E-state index in [1.165, 1.54) is 12.1 Å². The van der Waals surface area contributed by atoms with Crippen molar-refractivity contribution in [2.45, 2.75) is 31.8 Å². The van der Waals surface area contributed by atoms with Gasteiger partial charge in [-0.25, -0.2) is 13.6 Å². The Kier molecular flexibility index (Phi) is 5.18. The number of hydrogen-bond acceptors (Lipinski definition) is 3. The van der Waals surface area contributed by atoms with E-state index in [4.69, 9.17) is 4.74 Å². The van der Waals surface area contributed by atoms with Crippen molar-refractivity contribution in [2.24, 2.45) is 0 Å². The zero-order valence-electron chi connectivity index (χ0n) is 13.8. The summed E-state index contributed by atoms with van der Waals surface area (Å²) < 4.78 is 32.3. The molecule has 2 heterocycles. The van der Waals surface area contributed by atoms with Crippen molar-refractivity contribution >= 4 is 11.7 Å². The second-order valence-corrected chi connectivity index (χ2v) is 6.42. The average molecular weight is 339 g/mol. The van der Waals surface area contributed by atoms with Crippen LogP contribution in [0.25, 0.3) is 0 Å². The van der Waals surface area contributed by atoms with Gasteiger partial charge >= 0.3 is 6.03 Å². The molecule has 2 amide bonds. The minimum atomic E-state index is -0.585. The fraction of sp³-hybridized carbons (Fsp3) is 0.588. The van der Waals surface area contributed by atoms with Crippen LogP contribution in [-0.2, 0) is 4.74 Å². The quantitative estimate of drug-likeness (QED) is 0.900. The van der Waals surface area contributed by atoms with E-state index in [9.17, 15) is 13.6 Å². The van der Waals surface area contributed by atoms with Crippen LogP contribution in [0.2, 0.25) is 0 Å². The molecule has 2 atom stereocenters. The van der Waals surface area contributed by atoms with Gasteiger partial charge in [-0.3, -0.25) is 0 Å². The molecular weight excluding hydrogens is 316 g/mol. The highest BCUT2D eigenvalue weighted by atomic mass is 19.1. The molecule has 7 heteroatoms. The Morgan fingerprint density at radius 2 is 2.08 bits per heavy atom. The Labute approximate surface area is 140 Å². The van der Waals surface area contributed by atoms with Crippen molar-refractivity contribution in [1.82, 2.24) is 10.2 Å². The maximum atomic E-state index is 13.9. The van der Waals surface area contributed by atoms with E-state index in [2.05, 4.69) is 5.32 Å². The lowest BCUT2D eigenvalue weighted by molar-refractivity contribution is 0.141. The number of urea groups is 1.